The van der Waals surface area contributed by atoms with Gasteiger partial charge in [0.05, 0.1) is 22.3 Å². The highest BCUT2D eigenvalue weighted by Crippen LogP contribution is 2.35. The maximum absolute atomic E-state index is 13.2. The lowest BCUT2D eigenvalue weighted by Crippen LogP contribution is -2.27. The van der Waals surface area contributed by atoms with E-state index in [0.29, 0.717) is 22.0 Å². The second kappa shape index (κ2) is 7.55. The summed E-state index contributed by atoms with van der Waals surface area (Å²) in [7, 11) is 0. The van der Waals surface area contributed by atoms with Crippen LogP contribution in [0.5, 0.6) is 0 Å². The van der Waals surface area contributed by atoms with Gasteiger partial charge in [-0.3, -0.25) is 4.79 Å². The van der Waals surface area contributed by atoms with Crippen LogP contribution in [0, 0.1) is 0 Å². The number of hydrazone groups is 1. The summed E-state index contributed by atoms with van der Waals surface area (Å²) in [4.78, 5) is 13.2. The minimum atomic E-state index is -0.210. The van der Waals surface area contributed by atoms with Gasteiger partial charge in [-0.25, -0.2) is 5.01 Å². The molecule has 3 nitrogen and oxygen atoms in total. The lowest BCUT2D eigenvalue weighted by atomic mass is 9.98. The molecule has 1 aliphatic heterocycles. The summed E-state index contributed by atoms with van der Waals surface area (Å²) in [5.41, 5.74) is 3.28. The number of nitrogens with zero attached hydrogens (tertiary/aromatic N) is 2. The SMILES string of the molecule is O=C(c1ccccc1Cl)N1N=C(c2ccc(Cl)cc2)C[C@@H]1c1ccccc1. The van der Waals surface area contributed by atoms with Gasteiger partial charge in [-0.1, -0.05) is 77.8 Å². The maximum Gasteiger partial charge on any atom is 0.276 e. The van der Waals surface area contributed by atoms with Gasteiger partial charge in [-0.2, -0.15) is 5.10 Å². The Morgan fingerprint density at radius 3 is 2.26 bits per heavy atom. The van der Waals surface area contributed by atoms with E-state index in [1.54, 1.807) is 29.3 Å². The highest BCUT2D eigenvalue weighted by molar-refractivity contribution is 6.33. The number of hydrogen-bond donors (Lipinski definition) is 0. The Bertz CT molecular complexity index is 1000. The molecule has 134 valence electrons. The van der Waals surface area contributed by atoms with Crippen molar-refractivity contribution in [3.63, 3.8) is 0 Å². The van der Waals surface area contributed by atoms with E-state index in [1.807, 2.05) is 54.6 Å². The molecule has 4 rings (SSSR count). The first kappa shape index (κ1) is 17.8. The first-order chi connectivity index (χ1) is 13.1. The summed E-state index contributed by atoms with van der Waals surface area (Å²) in [6.07, 6.45) is 0.627. The smallest absolute Gasteiger partial charge is 0.267 e. The van der Waals surface area contributed by atoms with Crippen molar-refractivity contribution in [2.24, 2.45) is 5.10 Å². The lowest BCUT2D eigenvalue weighted by Gasteiger charge is -2.22. The predicted molar refractivity (Wildman–Crippen MR) is 109 cm³/mol. The molecule has 1 aliphatic rings. The van der Waals surface area contributed by atoms with Crippen molar-refractivity contribution in [3.05, 3.63) is 106 Å². The molecule has 1 atom stereocenters. The molecule has 27 heavy (non-hydrogen) atoms. The molecule has 3 aromatic rings. The minimum absolute atomic E-state index is 0.180. The van der Waals surface area contributed by atoms with Crippen molar-refractivity contribution in [2.45, 2.75) is 12.5 Å². The van der Waals surface area contributed by atoms with E-state index in [1.165, 1.54) is 0 Å². The van der Waals surface area contributed by atoms with Crippen LogP contribution in [0.25, 0.3) is 0 Å². The molecule has 0 N–H and O–H groups in total. The summed E-state index contributed by atoms with van der Waals surface area (Å²) < 4.78 is 0. The lowest BCUT2D eigenvalue weighted by molar-refractivity contribution is 0.0711. The Morgan fingerprint density at radius 1 is 0.889 bits per heavy atom. The summed E-state index contributed by atoms with van der Waals surface area (Å²) in [6, 6.07) is 24.3. The van der Waals surface area contributed by atoms with E-state index in [9.17, 15) is 4.79 Å². The van der Waals surface area contributed by atoms with Crippen LogP contribution in [0.4, 0.5) is 0 Å². The molecular weight excluding hydrogens is 379 g/mol. The third-order valence-corrected chi connectivity index (χ3v) is 5.17. The zero-order valence-corrected chi connectivity index (χ0v) is 15.9. The predicted octanol–water partition coefficient (Wildman–Crippen LogP) is 5.98. The molecule has 0 unspecified atom stereocenters. The van der Waals surface area contributed by atoms with Crippen LogP contribution < -0.4 is 0 Å². The number of benzene rings is 3. The summed E-state index contributed by atoms with van der Waals surface area (Å²) in [6.45, 7) is 0. The molecule has 5 heteroatoms. The van der Waals surface area contributed by atoms with Gasteiger partial charge in [0, 0.05) is 11.4 Å². The van der Waals surface area contributed by atoms with E-state index in [0.717, 1.165) is 16.8 Å². The number of carbonyl (C=O) groups excluding carboxylic acids is 1. The van der Waals surface area contributed by atoms with Crippen LogP contribution in [-0.2, 0) is 0 Å². The number of halogens is 2. The first-order valence-corrected chi connectivity index (χ1v) is 9.35. The van der Waals surface area contributed by atoms with E-state index in [4.69, 9.17) is 23.2 Å². The van der Waals surface area contributed by atoms with E-state index in [2.05, 4.69) is 5.10 Å². The van der Waals surface area contributed by atoms with Crippen molar-refractivity contribution in [3.8, 4) is 0 Å². The van der Waals surface area contributed by atoms with E-state index < -0.39 is 0 Å². The molecule has 0 aromatic heterocycles. The second-order valence-corrected chi connectivity index (χ2v) is 7.16. The highest BCUT2D eigenvalue weighted by atomic mass is 35.5. The van der Waals surface area contributed by atoms with Gasteiger partial charge >= 0.3 is 0 Å². The minimum Gasteiger partial charge on any atom is -0.267 e. The average Bonchev–Trinajstić information content (AvgIpc) is 3.14. The average molecular weight is 395 g/mol. The molecule has 1 amide bonds. The Labute approximate surface area is 167 Å². The summed E-state index contributed by atoms with van der Waals surface area (Å²) in [5, 5.41) is 7.29. The summed E-state index contributed by atoms with van der Waals surface area (Å²) in [5.74, 6) is -0.210. The van der Waals surface area contributed by atoms with Gasteiger partial charge in [0.2, 0.25) is 0 Å². The maximum atomic E-state index is 13.2. The van der Waals surface area contributed by atoms with Crippen molar-refractivity contribution < 1.29 is 4.79 Å². The summed E-state index contributed by atoms with van der Waals surface area (Å²) >= 11 is 12.3. The molecule has 0 spiro atoms. The molecule has 0 saturated heterocycles. The molecule has 0 bridgehead atoms. The van der Waals surface area contributed by atoms with Crippen molar-refractivity contribution in [2.75, 3.05) is 0 Å². The van der Waals surface area contributed by atoms with Crippen molar-refractivity contribution >= 4 is 34.8 Å². The Morgan fingerprint density at radius 2 is 1.56 bits per heavy atom. The van der Waals surface area contributed by atoms with Crippen LogP contribution in [0.1, 0.15) is 33.9 Å². The highest BCUT2D eigenvalue weighted by Gasteiger charge is 2.34. The van der Waals surface area contributed by atoms with E-state index in [-0.39, 0.29) is 11.9 Å². The molecule has 3 aromatic carbocycles. The molecule has 0 fully saturated rings. The van der Waals surface area contributed by atoms with Gasteiger partial charge in [-0.05, 0) is 35.4 Å². The Hall–Kier alpha value is -2.62. The fraction of sp³-hybridized carbons (Fsp3) is 0.0909. The Kier molecular flexibility index (Phi) is 4.97. The van der Waals surface area contributed by atoms with Crippen LogP contribution >= 0.6 is 23.2 Å². The van der Waals surface area contributed by atoms with Crippen LogP contribution in [0.3, 0.4) is 0 Å². The van der Waals surface area contributed by atoms with Gasteiger partial charge in [-0.15, -0.1) is 0 Å². The second-order valence-electron chi connectivity index (χ2n) is 6.31. The van der Waals surface area contributed by atoms with Crippen molar-refractivity contribution in [1.82, 2.24) is 5.01 Å². The van der Waals surface area contributed by atoms with Gasteiger partial charge in [0.25, 0.3) is 5.91 Å². The molecule has 0 aliphatic carbocycles. The third-order valence-electron chi connectivity index (χ3n) is 4.58. The van der Waals surface area contributed by atoms with Crippen LogP contribution in [0.2, 0.25) is 10.0 Å². The number of amides is 1. The van der Waals surface area contributed by atoms with Gasteiger partial charge in [0.1, 0.15) is 0 Å². The topological polar surface area (TPSA) is 32.7 Å². The number of rotatable bonds is 3. The largest absolute Gasteiger partial charge is 0.276 e. The van der Waals surface area contributed by atoms with Gasteiger partial charge < -0.3 is 0 Å². The fourth-order valence-electron chi connectivity index (χ4n) is 3.21. The van der Waals surface area contributed by atoms with E-state index >= 15 is 0 Å². The normalized spacial score (nSPS) is 16.3. The Balaban J connectivity index is 1.75. The standard InChI is InChI=1S/C22H16Cl2N2O/c23-17-12-10-15(11-13-17)20-14-21(16-6-2-1-3-7-16)26(25-20)22(27)18-8-4-5-9-19(18)24/h1-13,21H,14H2/t21-/m1/s1. The number of hydrogen-bond acceptors (Lipinski definition) is 2. The molecule has 0 radical (unpaired) electrons. The fourth-order valence-corrected chi connectivity index (χ4v) is 3.55. The third kappa shape index (κ3) is 3.61. The zero-order chi connectivity index (χ0) is 18.8. The van der Waals surface area contributed by atoms with Gasteiger partial charge in [0.15, 0.2) is 0 Å². The monoisotopic (exact) mass is 394 g/mol. The zero-order valence-electron chi connectivity index (χ0n) is 14.3. The van der Waals surface area contributed by atoms with Crippen LogP contribution in [0.15, 0.2) is 84.0 Å². The first-order valence-electron chi connectivity index (χ1n) is 8.60. The molecular formula is C22H16Cl2N2O. The molecule has 0 saturated carbocycles. The van der Waals surface area contributed by atoms with Crippen molar-refractivity contribution in [1.29, 1.82) is 0 Å². The quantitative estimate of drug-likeness (QED) is 0.537. The number of carbonyl (C=O) groups is 1. The molecule has 1 heterocycles. The van der Waals surface area contributed by atoms with Crippen LogP contribution in [-0.4, -0.2) is 16.6 Å².